The third-order valence-corrected chi connectivity index (χ3v) is 4.49. The molecule has 2 aromatic rings. The molecule has 1 heterocycles. The van der Waals surface area contributed by atoms with Crippen molar-refractivity contribution in [3.63, 3.8) is 0 Å². The first kappa shape index (κ1) is 18.9. The van der Waals surface area contributed by atoms with Crippen molar-refractivity contribution in [1.82, 2.24) is 4.98 Å². The molecule has 0 saturated carbocycles. The van der Waals surface area contributed by atoms with Gasteiger partial charge in [-0.3, -0.25) is 9.59 Å². The minimum Gasteiger partial charge on any atom is -0.378 e. The first-order chi connectivity index (χ1) is 11.7. The third kappa shape index (κ3) is 4.37. The Morgan fingerprint density at radius 2 is 1.72 bits per heavy atom. The van der Waals surface area contributed by atoms with E-state index in [0.717, 1.165) is 28.4 Å². The fraction of sp³-hybridized carbons (Fsp3) is 0.400. The van der Waals surface area contributed by atoms with Crippen LogP contribution in [0.4, 0.5) is 5.69 Å². The highest BCUT2D eigenvalue weighted by molar-refractivity contribution is 6.03. The van der Waals surface area contributed by atoms with Crippen LogP contribution in [0.15, 0.2) is 24.3 Å². The summed E-state index contributed by atoms with van der Waals surface area (Å²) in [6, 6.07) is 8.37. The third-order valence-electron chi connectivity index (χ3n) is 4.49. The van der Waals surface area contributed by atoms with Crippen LogP contribution in [0.3, 0.4) is 0 Å². The molecule has 0 saturated heterocycles. The molecular formula is C20H28N3O2+. The van der Waals surface area contributed by atoms with Gasteiger partial charge in [0.15, 0.2) is 5.78 Å². The second-order valence-corrected chi connectivity index (χ2v) is 6.98. The summed E-state index contributed by atoms with van der Waals surface area (Å²) in [5.74, 6) is 0.0301. The molecule has 2 N–H and O–H groups in total. The van der Waals surface area contributed by atoms with Gasteiger partial charge in [0, 0.05) is 36.6 Å². The van der Waals surface area contributed by atoms with Crippen molar-refractivity contribution in [3.8, 4) is 0 Å². The predicted molar refractivity (Wildman–Crippen MR) is 101 cm³/mol. The average Bonchev–Trinajstić information content (AvgIpc) is 2.82. The Morgan fingerprint density at radius 1 is 1.12 bits per heavy atom. The molecule has 0 aliphatic rings. The highest BCUT2D eigenvalue weighted by Gasteiger charge is 2.22. The zero-order valence-corrected chi connectivity index (χ0v) is 16.0. The Bertz CT molecular complexity index is 773. The molecule has 0 amide bonds. The van der Waals surface area contributed by atoms with Crippen LogP contribution in [0, 0.1) is 13.8 Å². The number of carbonyl (C=O) groups is 2. The number of nitrogens with one attached hydrogen (secondary N) is 2. The number of aryl methyl sites for hydroxylation is 1. The molecule has 25 heavy (non-hydrogen) atoms. The second-order valence-electron chi connectivity index (χ2n) is 6.98. The van der Waals surface area contributed by atoms with Crippen molar-refractivity contribution < 1.29 is 14.5 Å². The molecular weight excluding hydrogens is 314 g/mol. The van der Waals surface area contributed by atoms with Gasteiger partial charge < -0.3 is 14.8 Å². The van der Waals surface area contributed by atoms with Gasteiger partial charge in [0.25, 0.3) is 0 Å². The predicted octanol–water partition coefficient (Wildman–Crippen LogP) is 1.80. The first-order valence-corrected chi connectivity index (χ1v) is 8.51. The second kappa shape index (κ2) is 7.66. The molecule has 0 aliphatic heterocycles. The number of carbonyl (C=O) groups excluding carboxylic acids is 2. The number of ketones is 2. The van der Waals surface area contributed by atoms with Gasteiger partial charge in [-0.1, -0.05) is 12.1 Å². The van der Waals surface area contributed by atoms with Crippen molar-refractivity contribution in [2.45, 2.75) is 27.3 Å². The monoisotopic (exact) mass is 342 g/mol. The van der Waals surface area contributed by atoms with Crippen LogP contribution < -0.4 is 9.80 Å². The first-order valence-electron chi connectivity index (χ1n) is 8.51. The number of anilines is 1. The largest absolute Gasteiger partial charge is 0.378 e. The summed E-state index contributed by atoms with van der Waals surface area (Å²) < 4.78 is 0. The molecule has 1 aromatic carbocycles. The van der Waals surface area contributed by atoms with E-state index < -0.39 is 0 Å². The highest BCUT2D eigenvalue weighted by Crippen LogP contribution is 2.18. The molecule has 0 spiro atoms. The summed E-state index contributed by atoms with van der Waals surface area (Å²) in [5.41, 5.74) is 5.08. The van der Waals surface area contributed by atoms with Crippen LogP contribution in [0.2, 0.25) is 0 Å². The summed E-state index contributed by atoms with van der Waals surface area (Å²) in [6.07, 6.45) is 0. The van der Waals surface area contributed by atoms with E-state index >= 15 is 0 Å². The van der Waals surface area contributed by atoms with Crippen molar-refractivity contribution >= 4 is 17.3 Å². The van der Waals surface area contributed by atoms with E-state index in [0.29, 0.717) is 17.8 Å². The summed E-state index contributed by atoms with van der Waals surface area (Å²) in [4.78, 5) is 30.6. The standard InChI is InChI=1S/C20H27N3O2/c1-13-19(15(3)24)14(2)21-20(13)18(25)12-23(6)11-16-7-9-17(10-8-16)22(4)5/h7-10,21H,11-12H2,1-6H3/p+1. The lowest BCUT2D eigenvalue weighted by atomic mass is 10.1. The maximum absolute atomic E-state index is 12.6. The van der Waals surface area contributed by atoms with Crippen molar-refractivity contribution in [2.75, 3.05) is 32.6 Å². The summed E-state index contributed by atoms with van der Waals surface area (Å²) in [7, 11) is 6.04. The van der Waals surface area contributed by atoms with Gasteiger partial charge in [0.05, 0.1) is 12.7 Å². The Morgan fingerprint density at radius 3 is 2.20 bits per heavy atom. The number of likely N-dealkylation sites (N-methyl/N-ethyl adjacent to an activating group) is 1. The minimum absolute atomic E-state index is 0.00742. The van der Waals surface area contributed by atoms with Crippen LogP contribution in [0.1, 0.15) is 44.6 Å². The molecule has 5 heteroatoms. The lowest BCUT2D eigenvalue weighted by Crippen LogP contribution is -3.08. The van der Waals surface area contributed by atoms with Gasteiger partial charge in [-0.25, -0.2) is 0 Å². The van der Waals surface area contributed by atoms with E-state index in [1.807, 2.05) is 35.0 Å². The molecule has 0 bridgehead atoms. The molecule has 0 fully saturated rings. The van der Waals surface area contributed by atoms with Gasteiger partial charge in [-0.15, -0.1) is 0 Å². The number of hydrogen-bond acceptors (Lipinski definition) is 3. The number of rotatable bonds is 7. The molecule has 0 aliphatic carbocycles. The van der Waals surface area contributed by atoms with Gasteiger partial charge in [-0.2, -0.15) is 0 Å². The number of aromatic amines is 1. The van der Waals surface area contributed by atoms with E-state index in [2.05, 4.69) is 34.1 Å². The quantitative estimate of drug-likeness (QED) is 0.755. The van der Waals surface area contributed by atoms with Crippen molar-refractivity contribution in [1.29, 1.82) is 0 Å². The Labute approximate surface area is 149 Å². The van der Waals surface area contributed by atoms with Gasteiger partial charge >= 0.3 is 0 Å². The van der Waals surface area contributed by atoms with Crippen molar-refractivity contribution in [3.05, 3.63) is 52.3 Å². The number of benzene rings is 1. The van der Waals surface area contributed by atoms with Crippen LogP contribution in [0.25, 0.3) is 0 Å². The number of H-pyrrole nitrogens is 1. The molecule has 1 atom stereocenters. The maximum atomic E-state index is 12.6. The van der Waals surface area contributed by atoms with Gasteiger partial charge in [-0.05, 0) is 38.5 Å². The van der Waals surface area contributed by atoms with Gasteiger partial charge in [0.1, 0.15) is 13.1 Å². The molecule has 0 radical (unpaired) electrons. The topological polar surface area (TPSA) is 57.6 Å². The Hall–Kier alpha value is -2.40. The molecule has 2 rings (SSSR count). The number of hydrogen-bond donors (Lipinski definition) is 2. The van der Waals surface area contributed by atoms with Crippen LogP contribution in [-0.2, 0) is 6.54 Å². The lowest BCUT2D eigenvalue weighted by Gasteiger charge is -2.15. The van der Waals surface area contributed by atoms with Crippen LogP contribution >= 0.6 is 0 Å². The zero-order chi connectivity index (χ0) is 18.7. The van der Waals surface area contributed by atoms with E-state index in [4.69, 9.17) is 0 Å². The van der Waals surface area contributed by atoms with Gasteiger partial charge in [0.2, 0.25) is 5.78 Å². The van der Waals surface area contributed by atoms with E-state index in [9.17, 15) is 9.59 Å². The smallest absolute Gasteiger partial charge is 0.233 e. The number of aromatic nitrogens is 1. The highest BCUT2D eigenvalue weighted by atomic mass is 16.1. The maximum Gasteiger partial charge on any atom is 0.233 e. The van der Waals surface area contributed by atoms with E-state index in [1.54, 1.807) is 0 Å². The summed E-state index contributed by atoms with van der Waals surface area (Å²) >= 11 is 0. The summed E-state index contributed by atoms with van der Waals surface area (Å²) in [6.45, 7) is 6.36. The zero-order valence-electron chi connectivity index (χ0n) is 16.0. The van der Waals surface area contributed by atoms with Crippen LogP contribution in [0.5, 0.6) is 0 Å². The summed E-state index contributed by atoms with van der Waals surface area (Å²) in [5, 5.41) is 0. The SMILES string of the molecule is CC(=O)c1c(C)[nH]c(C(=O)C[NH+](C)Cc2ccc(N(C)C)cc2)c1C. The molecule has 1 unspecified atom stereocenters. The Kier molecular flexibility index (Phi) is 5.80. The van der Waals surface area contributed by atoms with E-state index in [-0.39, 0.29) is 11.6 Å². The molecule has 5 nitrogen and oxygen atoms in total. The fourth-order valence-corrected chi connectivity index (χ4v) is 3.24. The van der Waals surface area contributed by atoms with Crippen LogP contribution in [-0.4, -0.2) is 44.2 Å². The van der Waals surface area contributed by atoms with Crippen molar-refractivity contribution in [2.24, 2.45) is 0 Å². The number of quaternary nitrogens is 1. The fourth-order valence-electron chi connectivity index (χ4n) is 3.24. The average molecular weight is 342 g/mol. The lowest BCUT2D eigenvalue weighted by molar-refractivity contribution is -0.884. The number of nitrogens with zero attached hydrogens (tertiary/aromatic N) is 1. The Balaban J connectivity index is 2.05. The normalized spacial score (nSPS) is 12.1. The number of Topliss-reactive ketones (excluding diaryl/α,β-unsaturated/α-hetero) is 2. The van der Waals surface area contributed by atoms with E-state index in [1.165, 1.54) is 12.5 Å². The molecule has 1 aromatic heterocycles. The molecule has 134 valence electrons. The minimum atomic E-state index is -0.00742.